The van der Waals surface area contributed by atoms with Gasteiger partial charge < -0.3 is 15.4 Å². The van der Waals surface area contributed by atoms with E-state index in [-0.39, 0.29) is 24.2 Å². The molecular formula is C23H24N2O4. The summed E-state index contributed by atoms with van der Waals surface area (Å²) in [5.74, 6) is -1.27. The molecule has 4 rings (SSSR count). The summed E-state index contributed by atoms with van der Waals surface area (Å²) in [7, 11) is 0. The lowest BCUT2D eigenvalue weighted by atomic mass is 9.85. The summed E-state index contributed by atoms with van der Waals surface area (Å²) in [6.07, 6.45) is 3.50. The van der Waals surface area contributed by atoms with Crippen molar-refractivity contribution >= 4 is 29.2 Å². The number of rotatable bonds is 4. The van der Waals surface area contributed by atoms with Crippen molar-refractivity contribution in [2.45, 2.75) is 44.6 Å². The van der Waals surface area contributed by atoms with E-state index in [1.54, 1.807) is 24.3 Å². The summed E-state index contributed by atoms with van der Waals surface area (Å²) >= 11 is 0. The maximum Gasteiger partial charge on any atom is 0.307 e. The normalized spacial score (nSPS) is 19.8. The smallest absolute Gasteiger partial charge is 0.307 e. The molecule has 0 bridgehead atoms. The van der Waals surface area contributed by atoms with E-state index in [0.717, 1.165) is 31.2 Å². The van der Waals surface area contributed by atoms with Crippen LogP contribution in [0.3, 0.4) is 0 Å². The SMILES string of the molecule is Cc1ccc(NC(=O)c2cccc(NC(=O)[C@@H]3CC(=O)OC34CCCC4)c2)cc1. The van der Waals surface area contributed by atoms with E-state index < -0.39 is 11.5 Å². The van der Waals surface area contributed by atoms with Crippen molar-refractivity contribution in [3.63, 3.8) is 0 Å². The zero-order chi connectivity index (χ0) is 20.4. The molecule has 2 amide bonds. The molecule has 29 heavy (non-hydrogen) atoms. The highest BCUT2D eigenvalue weighted by Crippen LogP contribution is 2.45. The molecule has 0 unspecified atom stereocenters. The summed E-state index contributed by atoms with van der Waals surface area (Å²) < 4.78 is 5.55. The second-order valence-electron chi connectivity index (χ2n) is 7.89. The van der Waals surface area contributed by atoms with E-state index in [0.29, 0.717) is 16.9 Å². The molecule has 0 aromatic heterocycles. The van der Waals surface area contributed by atoms with Crippen LogP contribution >= 0.6 is 0 Å². The molecule has 2 aliphatic rings. The molecule has 1 atom stereocenters. The lowest BCUT2D eigenvalue weighted by Crippen LogP contribution is -2.39. The second-order valence-corrected chi connectivity index (χ2v) is 7.89. The van der Waals surface area contributed by atoms with Gasteiger partial charge in [0.05, 0.1) is 12.3 Å². The highest BCUT2D eigenvalue weighted by Gasteiger charge is 2.53. The molecule has 2 aromatic rings. The summed E-state index contributed by atoms with van der Waals surface area (Å²) in [6, 6.07) is 14.3. The Hall–Kier alpha value is -3.15. The van der Waals surface area contributed by atoms with Gasteiger partial charge in [0.1, 0.15) is 5.60 Å². The number of benzene rings is 2. The van der Waals surface area contributed by atoms with Crippen LogP contribution in [0, 0.1) is 12.8 Å². The van der Waals surface area contributed by atoms with Crippen molar-refractivity contribution < 1.29 is 19.1 Å². The molecule has 0 radical (unpaired) electrons. The van der Waals surface area contributed by atoms with Gasteiger partial charge >= 0.3 is 5.97 Å². The van der Waals surface area contributed by atoms with Gasteiger partial charge in [-0.15, -0.1) is 0 Å². The number of hydrogen-bond donors (Lipinski definition) is 2. The van der Waals surface area contributed by atoms with Crippen molar-refractivity contribution in [1.82, 2.24) is 0 Å². The molecule has 150 valence electrons. The van der Waals surface area contributed by atoms with Crippen LogP contribution in [0.1, 0.15) is 48.0 Å². The van der Waals surface area contributed by atoms with Gasteiger partial charge in [0.25, 0.3) is 5.91 Å². The van der Waals surface area contributed by atoms with E-state index in [1.165, 1.54) is 0 Å². The number of hydrogen-bond acceptors (Lipinski definition) is 4. The first-order chi connectivity index (χ1) is 13.9. The Kier molecular flexibility index (Phi) is 5.09. The van der Waals surface area contributed by atoms with Crippen LogP contribution in [0.25, 0.3) is 0 Å². The summed E-state index contributed by atoms with van der Waals surface area (Å²) in [5, 5.41) is 5.72. The standard InChI is InChI=1S/C23H24N2O4/c1-15-7-9-17(10-8-15)24-21(27)16-5-4-6-18(13-16)25-22(28)19-14-20(26)29-23(19)11-2-3-12-23/h4-10,13,19H,2-3,11-12,14H2,1H3,(H,24,27)(H,25,28)/t19-/m0/s1. The number of carbonyl (C=O) groups excluding carboxylic acids is 3. The fraction of sp³-hybridized carbons (Fsp3) is 0.348. The molecule has 2 fully saturated rings. The highest BCUT2D eigenvalue weighted by atomic mass is 16.6. The fourth-order valence-electron chi connectivity index (χ4n) is 4.26. The minimum absolute atomic E-state index is 0.111. The average molecular weight is 392 g/mol. The Morgan fingerprint density at radius 2 is 1.72 bits per heavy atom. The summed E-state index contributed by atoms with van der Waals surface area (Å²) in [4.78, 5) is 37.3. The predicted molar refractivity (Wildman–Crippen MR) is 110 cm³/mol. The van der Waals surface area contributed by atoms with Gasteiger partial charge in [-0.2, -0.15) is 0 Å². The number of amides is 2. The number of ether oxygens (including phenoxy) is 1. The van der Waals surface area contributed by atoms with Gasteiger partial charge in [0, 0.05) is 16.9 Å². The quantitative estimate of drug-likeness (QED) is 0.769. The molecule has 1 saturated carbocycles. The van der Waals surface area contributed by atoms with Crippen molar-refractivity contribution in [1.29, 1.82) is 0 Å². The first kappa shape index (κ1) is 19.2. The van der Waals surface area contributed by atoms with Crippen molar-refractivity contribution in [3.05, 3.63) is 59.7 Å². The van der Waals surface area contributed by atoms with Crippen LogP contribution < -0.4 is 10.6 Å². The molecule has 1 spiro atoms. The molecule has 1 aliphatic heterocycles. The third kappa shape index (κ3) is 4.01. The Morgan fingerprint density at radius 1 is 1.00 bits per heavy atom. The van der Waals surface area contributed by atoms with Gasteiger partial charge in [-0.05, 0) is 62.9 Å². The lowest BCUT2D eigenvalue weighted by Gasteiger charge is -2.27. The summed E-state index contributed by atoms with van der Waals surface area (Å²) in [5.41, 5.74) is 2.14. The highest BCUT2D eigenvalue weighted by molar-refractivity contribution is 6.05. The van der Waals surface area contributed by atoms with Crippen LogP contribution in [0.2, 0.25) is 0 Å². The Bertz CT molecular complexity index is 946. The lowest BCUT2D eigenvalue weighted by molar-refractivity contribution is -0.149. The Balaban J connectivity index is 1.46. The van der Waals surface area contributed by atoms with Crippen LogP contribution in [-0.4, -0.2) is 23.4 Å². The number of aryl methyl sites for hydroxylation is 1. The van der Waals surface area contributed by atoms with Gasteiger partial charge in [0.2, 0.25) is 5.91 Å². The zero-order valence-electron chi connectivity index (χ0n) is 16.4. The third-order valence-corrected chi connectivity index (χ3v) is 5.79. The minimum atomic E-state index is -0.651. The maximum atomic E-state index is 12.9. The number of nitrogens with one attached hydrogen (secondary N) is 2. The van der Waals surface area contributed by atoms with Gasteiger partial charge in [-0.3, -0.25) is 14.4 Å². The maximum absolute atomic E-state index is 12.9. The molecule has 6 heteroatoms. The van der Waals surface area contributed by atoms with Crippen molar-refractivity contribution in [2.75, 3.05) is 10.6 Å². The molecule has 6 nitrogen and oxygen atoms in total. The van der Waals surface area contributed by atoms with E-state index in [2.05, 4.69) is 10.6 Å². The zero-order valence-corrected chi connectivity index (χ0v) is 16.4. The minimum Gasteiger partial charge on any atom is -0.458 e. The monoisotopic (exact) mass is 392 g/mol. The van der Waals surface area contributed by atoms with E-state index in [1.807, 2.05) is 31.2 Å². The molecule has 2 N–H and O–H groups in total. The number of carbonyl (C=O) groups is 3. The molecule has 1 heterocycles. The van der Waals surface area contributed by atoms with E-state index >= 15 is 0 Å². The first-order valence-corrected chi connectivity index (χ1v) is 9.96. The predicted octanol–water partition coefficient (Wildman–Crippen LogP) is 4.06. The Morgan fingerprint density at radius 3 is 2.45 bits per heavy atom. The van der Waals surface area contributed by atoms with Crippen molar-refractivity contribution in [3.8, 4) is 0 Å². The number of esters is 1. The second kappa shape index (κ2) is 7.70. The summed E-state index contributed by atoms with van der Waals surface area (Å²) in [6.45, 7) is 1.98. The van der Waals surface area contributed by atoms with Gasteiger partial charge in [-0.25, -0.2) is 0 Å². The van der Waals surface area contributed by atoms with Crippen molar-refractivity contribution in [2.24, 2.45) is 5.92 Å². The topological polar surface area (TPSA) is 84.5 Å². The van der Waals surface area contributed by atoms with Gasteiger partial charge in [0.15, 0.2) is 0 Å². The molecular weight excluding hydrogens is 368 g/mol. The van der Waals surface area contributed by atoms with Crippen LogP contribution in [-0.2, 0) is 14.3 Å². The molecule has 1 saturated heterocycles. The number of anilines is 2. The van der Waals surface area contributed by atoms with Gasteiger partial charge in [-0.1, -0.05) is 23.8 Å². The largest absolute Gasteiger partial charge is 0.458 e. The van der Waals surface area contributed by atoms with Crippen LogP contribution in [0.4, 0.5) is 11.4 Å². The fourth-order valence-corrected chi connectivity index (χ4v) is 4.26. The first-order valence-electron chi connectivity index (χ1n) is 9.96. The molecule has 1 aliphatic carbocycles. The Labute approximate surface area is 169 Å². The third-order valence-electron chi connectivity index (χ3n) is 5.79. The van der Waals surface area contributed by atoms with Crippen LogP contribution in [0.15, 0.2) is 48.5 Å². The van der Waals surface area contributed by atoms with E-state index in [9.17, 15) is 14.4 Å². The average Bonchev–Trinajstić information content (AvgIpc) is 3.30. The molecule has 2 aromatic carbocycles. The van der Waals surface area contributed by atoms with Crippen LogP contribution in [0.5, 0.6) is 0 Å². The van der Waals surface area contributed by atoms with E-state index in [4.69, 9.17) is 4.74 Å².